The van der Waals surface area contributed by atoms with E-state index >= 15 is 0 Å². The number of hydrogen-bond donors (Lipinski definition) is 1. The highest BCUT2D eigenvalue weighted by molar-refractivity contribution is 5.78. The Labute approximate surface area is 126 Å². The monoisotopic (exact) mass is 286 g/mol. The van der Waals surface area contributed by atoms with E-state index in [9.17, 15) is 0 Å². The van der Waals surface area contributed by atoms with Crippen LogP contribution in [0.25, 0.3) is 0 Å². The molecule has 21 heavy (non-hydrogen) atoms. The second-order valence-corrected chi connectivity index (χ2v) is 4.85. The number of hydrogen-bond acceptors (Lipinski definition) is 4. The van der Waals surface area contributed by atoms with Crippen molar-refractivity contribution in [1.29, 1.82) is 0 Å². The molecular weight excluding hydrogens is 264 g/mol. The van der Waals surface area contributed by atoms with Crippen molar-refractivity contribution in [2.45, 2.75) is 13.8 Å². The third kappa shape index (κ3) is 3.05. The van der Waals surface area contributed by atoms with Crippen LogP contribution in [0.1, 0.15) is 12.5 Å². The number of nitrogens with zero attached hydrogens (tertiary/aromatic N) is 1. The first-order chi connectivity index (χ1) is 10.1. The van der Waals surface area contributed by atoms with Gasteiger partial charge in [-0.05, 0) is 31.5 Å². The van der Waals surface area contributed by atoms with Gasteiger partial charge in [0.15, 0.2) is 11.5 Å². The average Bonchev–Trinajstić information content (AvgIpc) is 2.49. The molecule has 4 nitrogen and oxygen atoms in total. The van der Waals surface area contributed by atoms with Crippen molar-refractivity contribution in [2.24, 2.45) is 0 Å². The van der Waals surface area contributed by atoms with Gasteiger partial charge < -0.3 is 20.1 Å². The fourth-order valence-electron chi connectivity index (χ4n) is 2.41. The Kier molecular flexibility index (Phi) is 4.58. The first-order valence-electron chi connectivity index (χ1n) is 6.96. The van der Waals surface area contributed by atoms with Crippen molar-refractivity contribution in [3.05, 3.63) is 42.0 Å². The van der Waals surface area contributed by atoms with Gasteiger partial charge >= 0.3 is 0 Å². The van der Waals surface area contributed by atoms with E-state index in [2.05, 4.69) is 36.9 Å². The lowest BCUT2D eigenvalue weighted by Gasteiger charge is -2.26. The van der Waals surface area contributed by atoms with E-state index < -0.39 is 0 Å². The molecule has 0 bridgehead atoms. The molecule has 0 saturated heterocycles. The van der Waals surface area contributed by atoms with Crippen molar-refractivity contribution in [2.75, 3.05) is 31.4 Å². The summed E-state index contributed by atoms with van der Waals surface area (Å²) in [6.45, 7) is 4.98. The van der Waals surface area contributed by atoms with Crippen LogP contribution in [0, 0.1) is 6.92 Å². The highest BCUT2D eigenvalue weighted by atomic mass is 16.5. The maximum atomic E-state index is 6.20. The standard InChI is InChI=1S/C17H22N2O2/c1-5-19(13-8-6-7-12(2)9-13)15-11-17(21-4)16(20-3)10-14(15)18/h6-11H,5,18H2,1-4H3. The molecule has 2 rings (SSSR count). The van der Waals surface area contributed by atoms with E-state index in [1.807, 2.05) is 12.1 Å². The number of nitrogens with two attached hydrogens (primary N) is 1. The zero-order valence-electron chi connectivity index (χ0n) is 13.0. The molecule has 0 amide bonds. The van der Waals surface area contributed by atoms with Crippen LogP contribution in [-0.2, 0) is 0 Å². The Hall–Kier alpha value is -2.36. The van der Waals surface area contributed by atoms with Gasteiger partial charge in [0.05, 0.1) is 25.6 Å². The molecule has 0 aliphatic heterocycles. The fraction of sp³-hybridized carbons (Fsp3) is 0.294. The third-order valence-corrected chi connectivity index (χ3v) is 3.45. The molecule has 0 radical (unpaired) electrons. The maximum absolute atomic E-state index is 6.20. The Bertz CT molecular complexity index is 626. The van der Waals surface area contributed by atoms with Gasteiger partial charge in [0.25, 0.3) is 0 Å². The highest BCUT2D eigenvalue weighted by Crippen LogP contribution is 2.39. The zero-order valence-corrected chi connectivity index (χ0v) is 13.0. The number of anilines is 3. The summed E-state index contributed by atoms with van der Waals surface area (Å²) in [4.78, 5) is 2.16. The number of nitrogen functional groups attached to an aromatic ring is 1. The van der Waals surface area contributed by atoms with Crippen LogP contribution >= 0.6 is 0 Å². The summed E-state index contributed by atoms with van der Waals surface area (Å²) in [6, 6.07) is 12.1. The molecule has 0 unspecified atom stereocenters. The van der Waals surface area contributed by atoms with Crippen molar-refractivity contribution in [1.82, 2.24) is 0 Å². The third-order valence-electron chi connectivity index (χ3n) is 3.45. The van der Waals surface area contributed by atoms with Crippen molar-refractivity contribution in [3.8, 4) is 11.5 Å². The van der Waals surface area contributed by atoms with Gasteiger partial charge in [0.2, 0.25) is 0 Å². The summed E-state index contributed by atoms with van der Waals surface area (Å²) in [5.74, 6) is 1.31. The van der Waals surface area contributed by atoms with Gasteiger partial charge in [-0.25, -0.2) is 0 Å². The largest absolute Gasteiger partial charge is 0.493 e. The van der Waals surface area contributed by atoms with E-state index in [0.29, 0.717) is 17.2 Å². The molecule has 0 spiro atoms. The van der Waals surface area contributed by atoms with Crippen LogP contribution in [0.4, 0.5) is 17.1 Å². The minimum atomic E-state index is 0.638. The molecule has 4 heteroatoms. The summed E-state index contributed by atoms with van der Waals surface area (Å²) in [6.07, 6.45) is 0. The summed E-state index contributed by atoms with van der Waals surface area (Å²) in [5, 5.41) is 0. The highest BCUT2D eigenvalue weighted by Gasteiger charge is 2.15. The van der Waals surface area contributed by atoms with E-state index in [1.54, 1.807) is 20.3 Å². The Morgan fingerprint density at radius 2 is 1.71 bits per heavy atom. The molecule has 0 heterocycles. The molecule has 2 aromatic rings. The van der Waals surface area contributed by atoms with Gasteiger partial charge in [-0.2, -0.15) is 0 Å². The maximum Gasteiger partial charge on any atom is 0.162 e. The molecule has 0 atom stereocenters. The minimum absolute atomic E-state index is 0.638. The van der Waals surface area contributed by atoms with Crippen LogP contribution in [0.3, 0.4) is 0 Å². The van der Waals surface area contributed by atoms with Crippen LogP contribution in [0.2, 0.25) is 0 Å². The van der Waals surface area contributed by atoms with Gasteiger partial charge in [-0.1, -0.05) is 12.1 Å². The van der Waals surface area contributed by atoms with Crippen LogP contribution < -0.4 is 20.1 Å². The van der Waals surface area contributed by atoms with Crippen LogP contribution in [-0.4, -0.2) is 20.8 Å². The number of aryl methyl sites for hydroxylation is 1. The normalized spacial score (nSPS) is 10.3. The topological polar surface area (TPSA) is 47.7 Å². The Morgan fingerprint density at radius 1 is 1.05 bits per heavy atom. The van der Waals surface area contributed by atoms with Gasteiger partial charge in [0, 0.05) is 24.4 Å². The molecule has 0 fully saturated rings. The predicted octanol–water partition coefficient (Wildman–Crippen LogP) is 3.75. The fourth-order valence-corrected chi connectivity index (χ4v) is 2.41. The lowest BCUT2D eigenvalue weighted by Crippen LogP contribution is -2.17. The Balaban J connectivity index is 2.52. The van der Waals surface area contributed by atoms with Crippen LogP contribution in [0.15, 0.2) is 36.4 Å². The van der Waals surface area contributed by atoms with Gasteiger partial charge in [0.1, 0.15) is 0 Å². The molecule has 112 valence electrons. The van der Waals surface area contributed by atoms with Crippen molar-refractivity contribution in [3.63, 3.8) is 0 Å². The van der Waals surface area contributed by atoms with E-state index in [4.69, 9.17) is 15.2 Å². The summed E-state index contributed by atoms with van der Waals surface area (Å²) < 4.78 is 10.7. The first kappa shape index (κ1) is 15.0. The summed E-state index contributed by atoms with van der Waals surface area (Å²) in [5.41, 5.74) is 10.1. The second kappa shape index (κ2) is 6.39. The number of rotatable bonds is 5. The molecule has 0 aliphatic carbocycles. The zero-order chi connectivity index (χ0) is 15.4. The first-order valence-corrected chi connectivity index (χ1v) is 6.96. The molecular formula is C17H22N2O2. The second-order valence-electron chi connectivity index (χ2n) is 4.85. The van der Waals surface area contributed by atoms with E-state index in [0.717, 1.165) is 17.9 Å². The van der Waals surface area contributed by atoms with E-state index in [1.165, 1.54) is 5.56 Å². The average molecular weight is 286 g/mol. The summed E-state index contributed by atoms with van der Waals surface area (Å²) in [7, 11) is 3.23. The van der Waals surface area contributed by atoms with Gasteiger partial charge in [-0.3, -0.25) is 0 Å². The van der Waals surface area contributed by atoms with Crippen molar-refractivity contribution < 1.29 is 9.47 Å². The van der Waals surface area contributed by atoms with Crippen molar-refractivity contribution >= 4 is 17.1 Å². The molecule has 0 aromatic heterocycles. The molecule has 2 aromatic carbocycles. The molecule has 0 saturated carbocycles. The lowest BCUT2D eigenvalue weighted by atomic mass is 10.1. The molecule has 0 aliphatic rings. The molecule has 2 N–H and O–H groups in total. The predicted molar refractivity (Wildman–Crippen MR) is 87.8 cm³/mol. The minimum Gasteiger partial charge on any atom is -0.493 e. The van der Waals surface area contributed by atoms with Crippen LogP contribution in [0.5, 0.6) is 11.5 Å². The lowest BCUT2D eigenvalue weighted by molar-refractivity contribution is 0.355. The van der Waals surface area contributed by atoms with E-state index in [-0.39, 0.29) is 0 Å². The summed E-state index contributed by atoms with van der Waals surface area (Å²) >= 11 is 0. The van der Waals surface area contributed by atoms with Gasteiger partial charge in [-0.15, -0.1) is 0 Å². The number of ether oxygens (including phenoxy) is 2. The number of benzene rings is 2. The SMILES string of the molecule is CCN(c1cccc(C)c1)c1cc(OC)c(OC)cc1N. The number of methoxy groups -OCH3 is 2. The Morgan fingerprint density at radius 3 is 2.29 bits per heavy atom. The smallest absolute Gasteiger partial charge is 0.162 e. The quantitative estimate of drug-likeness (QED) is 0.850.